The number of amides is 1. The standard InChI is InChI=1S/C19H19NO4/c1-24-16-8-6-15(7-9-16)20-17(21)12-19(18(22)23)10-13-4-2-3-5-14(13)11-19/h2-9H,10-12H2,1H3,(H,20,21)(H,22,23). The minimum Gasteiger partial charge on any atom is -0.497 e. The molecule has 1 aliphatic rings. The number of carbonyl (C=O) groups is 2. The number of carboxylic acids is 1. The van der Waals surface area contributed by atoms with Crippen molar-refractivity contribution in [2.75, 3.05) is 12.4 Å². The Morgan fingerprint density at radius 3 is 2.17 bits per heavy atom. The van der Waals surface area contributed by atoms with Crippen molar-refractivity contribution in [1.82, 2.24) is 0 Å². The SMILES string of the molecule is COc1ccc(NC(=O)CC2(C(=O)O)Cc3ccccc3C2)cc1. The number of anilines is 1. The van der Waals surface area contributed by atoms with Crippen LogP contribution in [0.1, 0.15) is 17.5 Å². The lowest BCUT2D eigenvalue weighted by Crippen LogP contribution is -2.36. The van der Waals surface area contributed by atoms with Gasteiger partial charge in [0.25, 0.3) is 0 Å². The molecule has 0 heterocycles. The highest BCUT2D eigenvalue weighted by atomic mass is 16.5. The first-order valence-corrected chi connectivity index (χ1v) is 7.76. The average Bonchev–Trinajstić information content (AvgIpc) is 2.94. The maximum Gasteiger partial charge on any atom is 0.310 e. The van der Waals surface area contributed by atoms with Gasteiger partial charge >= 0.3 is 5.97 Å². The second-order valence-electron chi connectivity index (χ2n) is 6.16. The summed E-state index contributed by atoms with van der Waals surface area (Å²) in [5.74, 6) is -0.528. The van der Waals surface area contributed by atoms with Crippen LogP contribution in [0.5, 0.6) is 5.75 Å². The molecule has 0 saturated carbocycles. The van der Waals surface area contributed by atoms with Gasteiger partial charge < -0.3 is 15.2 Å². The molecule has 2 aromatic rings. The molecular formula is C19H19NO4. The fourth-order valence-corrected chi connectivity index (χ4v) is 3.23. The van der Waals surface area contributed by atoms with Gasteiger partial charge in [0, 0.05) is 12.1 Å². The molecule has 0 radical (unpaired) electrons. The molecule has 0 bridgehead atoms. The molecule has 0 aromatic heterocycles. The summed E-state index contributed by atoms with van der Waals surface area (Å²) in [7, 11) is 1.57. The van der Waals surface area contributed by atoms with Crippen LogP contribution in [0.2, 0.25) is 0 Å². The van der Waals surface area contributed by atoms with Crippen LogP contribution in [-0.2, 0) is 22.4 Å². The summed E-state index contributed by atoms with van der Waals surface area (Å²) in [6.07, 6.45) is 0.714. The summed E-state index contributed by atoms with van der Waals surface area (Å²) >= 11 is 0. The number of nitrogens with one attached hydrogen (secondary N) is 1. The normalized spacial score (nSPS) is 14.7. The van der Waals surface area contributed by atoms with Gasteiger partial charge in [-0.1, -0.05) is 24.3 Å². The quantitative estimate of drug-likeness (QED) is 0.886. The second kappa shape index (κ2) is 6.35. The molecule has 2 N–H and O–H groups in total. The molecule has 0 unspecified atom stereocenters. The van der Waals surface area contributed by atoms with E-state index in [0.717, 1.165) is 11.1 Å². The van der Waals surface area contributed by atoms with Crippen molar-refractivity contribution in [3.63, 3.8) is 0 Å². The third kappa shape index (κ3) is 3.11. The van der Waals surface area contributed by atoms with Crippen LogP contribution < -0.4 is 10.1 Å². The van der Waals surface area contributed by atoms with E-state index in [2.05, 4.69) is 5.32 Å². The van der Waals surface area contributed by atoms with E-state index >= 15 is 0 Å². The topological polar surface area (TPSA) is 75.6 Å². The van der Waals surface area contributed by atoms with Crippen molar-refractivity contribution in [2.24, 2.45) is 5.41 Å². The third-order valence-electron chi connectivity index (χ3n) is 4.50. The minimum absolute atomic E-state index is 0.0525. The van der Waals surface area contributed by atoms with Crippen LogP contribution in [0.4, 0.5) is 5.69 Å². The number of rotatable bonds is 5. The summed E-state index contributed by atoms with van der Waals surface area (Å²) in [6.45, 7) is 0. The minimum atomic E-state index is -1.07. The Morgan fingerprint density at radius 2 is 1.67 bits per heavy atom. The van der Waals surface area contributed by atoms with Crippen molar-refractivity contribution >= 4 is 17.6 Å². The van der Waals surface area contributed by atoms with Gasteiger partial charge in [-0.2, -0.15) is 0 Å². The second-order valence-corrected chi connectivity index (χ2v) is 6.16. The summed E-state index contributed by atoms with van der Waals surface area (Å²) < 4.78 is 5.07. The van der Waals surface area contributed by atoms with Crippen LogP contribution in [0.15, 0.2) is 48.5 Å². The number of hydrogen-bond donors (Lipinski definition) is 2. The number of aliphatic carboxylic acids is 1. The maximum absolute atomic E-state index is 12.4. The fraction of sp³-hybridized carbons (Fsp3) is 0.263. The van der Waals surface area contributed by atoms with Gasteiger partial charge in [-0.05, 0) is 48.2 Å². The Labute approximate surface area is 140 Å². The maximum atomic E-state index is 12.4. The highest BCUT2D eigenvalue weighted by Gasteiger charge is 2.45. The molecule has 3 rings (SSSR count). The number of ether oxygens (including phenoxy) is 1. The van der Waals surface area contributed by atoms with Crippen LogP contribution in [0, 0.1) is 5.41 Å². The average molecular weight is 325 g/mol. The molecule has 0 saturated heterocycles. The monoisotopic (exact) mass is 325 g/mol. The number of benzene rings is 2. The van der Waals surface area contributed by atoms with Crippen molar-refractivity contribution in [3.8, 4) is 5.75 Å². The van der Waals surface area contributed by atoms with E-state index < -0.39 is 11.4 Å². The van der Waals surface area contributed by atoms with Gasteiger partial charge in [-0.3, -0.25) is 9.59 Å². The smallest absolute Gasteiger partial charge is 0.310 e. The van der Waals surface area contributed by atoms with E-state index in [4.69, 9.17) is 4.74 Å². The van der Waals surface area contributed by atoms with E-state index in [0.29, 0.717) is 24.3 Å². The van der Waals surface area contributed by atoms with E-state index in [1.807, 2.05) is 24.3 Å². The van der Waals surface area contributed by atoms with Gasteiger partial charge in [0.15, 0.2) is 0 Å². The van der Waals surface area contributed by atoms with Gasteiger partial charge in [0.1, 0.15) is 5.75 Å². The highest BCUT2D eigenvalue weighted by Crippen LogP contribution is 2.40. The molecule has 5 nitrogen and oxygen atoms in total. The molecule has 0 atom stereocenters. The van der Waals surface area contributed by atoms with E-state index in [1.165, 1.54) is 0 Å². The number of carboxylic acid groups (broad SMARTS) is 1. The lowest BCUT2D eigenvalue weighted by Gasteiger charge is -2.23. The Hall–Kier alpha value is -2.82. The molecule has 0 spiro atoms. The molecule has 124 valence electrons. The zero-order valence-corrected chi connectivity index (χ0v) is 13.4. The van der Waals surface area contributed by atoms with Crippen molar-refractivity contribution in [1.29, 1.82) is 0 Å². The van der Waals surface area contributed by atoms with E-state index in [-0.39, 0.29) is 12.3 Å². The lowest BCUT2D eigenvalue weighted by molar-refractivity contribution is -0.150. The number of hydrogen-bond acceptors (Lipinski definition) is 3. The summed E-state index contributed by atoms with van der Waals surface area (Å²) in [6, 6.07) is 14.6. The zero-order chi connectivity index (χ0) is 17.2. The fourth-order valence-electron chi connectivity index (χ4n) is 3.23. The van der Waals surface area contributed by atoms with Gasteiger partial charge in [-0.25, -0.2) is 0 Å². The molecule has 0 aliphatic heterocycles. The molecule has 1 amide bonds. The highest BCUT2D eigenvalue weighted by molar-refractivity contribution is 5.94. The molecule has 2 aromatic carbocycles. The van der Waals surface area contributed by atoms with Crippen molar-refractivity contribution in [2.45, 2.75) is 19.3 Å². The van der Waals surface area contributed by atoms with Crippen LogP contribution in [0.25, 0.3) is 0 Å². The van der Waals surface area contributed by atoms with Gasteiger partial charge in [0.2, 0.25) is 5.91 Å². The first-order chi connectivity index (χ1) is 11.5. The largest absolute Gasteiger partial charge is 0.497 e. The number of fused-ring (bicyclic) bond motifs is 1. The van der Waals surface area contributed by atoms with Gasteiger partial charge in [-0.15, -0.1) is 0 Å². The Balaban J connectivity index is 1.72. The molecule has 0 fully saturated rings. The lowest BCUT2D eigenvalue weighted by atomic mass is 9.81. The summed E-state index contributed by atoms with van der Waals surface area (Å²) in [5.41, 5.74) is 1.58. The predicted molar refractivity (Wildman–Crippen MR) is 90.2 cm³/mol. The van der Waals surface area contributed by atoms with Crippen molar-refractivity contribution < 1.29 is 19.4 Å². The zero-order valence-electron chi connectivity index (χ0n) is 13.4. The Morgan fingerprint density at radius 1 is 1.08 bits per heavy atom. The predicted octanol–water partition coefficient (Wildman–Crippen LogP) is 2.89. The Kier molecular flexibility index (Phi) is 4.25. The molecule has 24 heavy (non-hydrogen) atoms. The van der Waals surface area contributed by atoms with Crippen molar-refractivity contribution in [3.05, 3.63) is 59.7 Å². The van der Waals surface area contributed by atoms with Crippen LogP contribution in [0.3, 0.4) is 0 Å². The van der Waals surface area contributed by atoms with E-state index in [9.17, 15) is 14.7 Å². The number of carbonyl (C=O) groups excluding carboxylic acids is 1. The van der Waals surface area contributed by atoms with Crippen LogP contribution in [-0.4, -0.2) is 24.1 Å². The summed E-state index contributed by atoms with van der Waals surface area (Å²) in [5, 5.41) is 12.5. The van der Waals surface area contributed by atoms with E-state index in [1.54, 1.807) is 31.4 Å². The molecular weight excluding hydrogens is 306 g/mol. The summed E-state index contributed by atoms with van der Waals surface area (Å²) in [4.78, 5) is 24.2. The van der Waals surface area contributed by atoms with Gasteiger partial charge in [0.05, 0.1) is 12.5 Å². The number of methoxy groups -OCH3 is 1. The first-order valence-electron chi connectivity index (χ1n) is 7.76. The third-order valence-corrected chi connectivity index (χ3v) is 4.50. The molecule has 1 aliphatic carbocycles. The molecule has 5 heteroatoms. The Bertz CT molecular complexity index is 742. The van der Waals surface area contributed by atoms with Crippen LogP contribution >= 0.6 is 0 Å². The first kappa shape index (κ1) is 16.1.